The summed E-state index contributed by atoms with van der Waals surface area (Å²) in [5, 5.41) is 12.1. The third-order valence-electron chi connectivity index (χ3n) is 5.35. The summed E-state index contributed by atoms with van der Waals surface area (Å²) in [6.07, 6.45) is 4.99. The lowest BCUT2D eigenvalue weighted by atomic mass is 9.95. The Morgan fingerprint density at radius 2 is 2.26 bits per heavy atom. The third-order valence-corrected chi connectivity index (χ3v) is 6.40. The maximum Gasteiger partial charge on any atom is 0.277 e. The Hall–Kier alpha value is -1.73. The summed E-state index contributed by atoms with van der Waals surface area (Å²) in [5.41, 5.74) is 0.939. The maximum absolute atomic E-state index is 12.2. The number of aromatic nitrogens is 2. The largest absolute Gasteiger partial charge is 0.484 e. The average molecular weight is 408 g/mol. The van der Waals surface area contributed by atoms with Gasteiger partial charge in [0.2, 0.25) is 5.91 Å². The minimum Gasteiger partial charge on any atom is -0.484 e. The lowest BCUT2D eigenvalue weighted by molar-refractivity contribution is -0.119. The van der Waals surface area contributed by atoms with E-state index in [1.807, 2.05) is 19.1 Å². The van der Waals surface area contributed by atoms with Crippen LogP contribution in [0.5, 0.6) is 5.75 Å². The minimum absolute atomic E-state index is 0.0327. The van der Waals surface area contributed by atoms with Gasteiger partial charge in [-0.05, 0) is 61.8 Å². The molecule has 0 aliphatic heterocycles. The van der Waals surface area contributed by atoms with Crippen molar-refractivity contribution in [3.63, 3.8) is 0 Å². The summed E-state index contributed by atoms with van der Waals surface area (Å²) in [4.78, 5) is 12.2. The molecule has 1 amide bonds. The molecule has 1 aromatic carbocycles. The zero-order valence-electron chi connectivity index (χ0n) is 15.1. The van der Waals surface area contributed by atoms with Gasteiger partial charge in [0.15, 0.2) is 6.61 Å². The maximum atomic E-state index is 12.2. The van der Waals surface area contributed by atoms with Crippen molar-refractivity contribution in [3.05, 3.63) is 34.7 Å². The second-order valence-corrected chi connectivity index (χ2v) is 8.66. The van der Waals surface area contributed by atoms with E-state index >= 15 is 0 Å². The number of halogens is 1. The van der Waals surface area contributed by atoms with E-state index in [9.17, 15) is 4.79 Å². The fourth-order valence-corrected chi connectivity index (χ4v) is 4.88. The number of aryl methyl sites for hydroxylation is 1. The van der Waals surface area contributed by atoms with Crippen molar-refractivity contribution in [2.24, 2.45) is 11.8 Å². The Kier molecular flexibility index (Phi) is 5.59. The number of benzene rings is 1. The number of carbonyl (C=O) groups excluding carboxylic acids is 1. The molecule has 1 heterocycles. The van der Waals surface area contributed by atoms with Gasteiger partial charge in [-0.1, -0.05) is 29.8 Å². The molecule has 3 atom stereocenters. The number of fused-ring (bicyclic) bond motifs is 2. The highest BCUT2D eigenvalue weighted by Crippen LogP contribution is 2.44. The van der Waals surface area contributed by atoms with E-state index in [4.69, 9.17) is 20.8 Å². The number of amides is 1. The minimum atomic E-state index is 0.0327. The highest BCUT2D eigenvalue weighted by atomic mass is 35.5. The lowest BCUT2D eigenvalue weighted by Gasteiger charge is -2.22. The summed E-state index contributed by atoms with van der Waals surface area (Å²) in [7, 11) is 0. The Balaban J connectivity index is 1.22. The van der Waals surface area contributed by atoms with Crippen molar-refractivity contribution >= 4 is 29.3 Å². The summed E-state index contributed by atoms with van der Waals surface area (Å²) >= 11 is 7.19. The highest BCUT2D eigenvalue weighted by molar-refractivity contribution is 7.99. The van der Waals surface area contributed by atoms with Crippen molar-refractivity contribution in [2.75, 3.05) is 5.75 Å². The van der Waals surface area contributed by atoms with Crippen molar-refractivity contribution < 1.29 is 13.9 Å². The van der Waals surface area contributed by atoms with Gasteiger partial charge >= 0.3 is 0 Å². The normalized spacial score (nSPS) is 23.6. The van der Waals surface area contributed by atoms with Crippen molar-refractivity contribution in [3.8, 4) is 5.75 Å². The average Bonchev–Trinajstić information content (AvgIpc) is 3.36. The first kappa shape index (κ1) is 18.6. The number of thioether (sulfide) groups is 1. The van der Waals surface area contributed by atoms with Gasteiger partial charge in [-0.25, -0.2) is 0 Å². The van der Waals surface area contributed by atoms with E-state index in [1.165, 1.54) is 31.0 Å². The van der Waals surface area contributed by atoms with Gasteiger partial charge in [-0.15, -0.1) is 10.2 Å². The first-order valence-electron chi connectivity index (χ1n) is 9.20. The van der Waals surface area contributed by atoms with E-state index in [0.717, 1.165) is 23.7 Å². The van der Waals surface area contributed by atoms with Crippen molar-refractivity contribution in [1.29, 1.82) is 0 Å². The van der Waals surface area contributed by atoms with Gasteiger partial charge in [-0.3, -0.25) is 4.79 Å². The molecule has 0 radical (unpaired) electrons. The standard InChI is InChI=1S/C19H22ClN3O3S/c1-11-6-14(20)4-5-16(11)25-9-18-22-23-19(26-18)27-10-17(24)21-15-8-12-2-3-13(15)7-12/h4-6,12-13,15H,2-3,7-10H2,1H3,(H,21,24)/t12-,13+,15-/m0/s1. The molecular weight excluding hydrogens is 386 g/mol. The summed E-state index contributed by atoms with van der Waals surface area (Å²) in [6, 6.07) is 5.77. The topological polar surface area (TPSA) is 77.2 Å². The van der Waals surface area contributed by atoms with Gasteiger partial charge < -0.3 is 14.5 Å². The van der Waals surface area contributed by atoms with Crippen LogP contribution in [0.4, 0.5) is 0 Å². The Bertz CT molecular complexity index is 828. The molecule has 2 saturated carbocycles. The molecular formula is C19H22ClN3O3S. The van der Waals surface area contributed by atoms with Crippen LogP contribution in [0.2, 0.25) is 5.02 Å². The van der Waals surface area contributed by atoms with Gasteiger partial charge in [0.25, 0.3) is 11.1 Å². The highest BCUT2D eigenvalue weighted by Gasteiger charge is 2.40. The molecule has 1 aromatic heterocycles. The SMILES string of the molecule is Cc1cc(Cl)ccc1OCc1nnc(SCC(=O)N[C@H]2C[C@H]3CC[C@@H]2C3)o1. The first-order valence-corrected chi connectivity index (χ1v) is 10.6. The molecule has 0 unspecified atom stereocenters. The molecule has 1 N–H and O–H groups in total. The second-order valence-electron chi connectivity index (χ2n) is 7.30. The van der Waals surface area contributed by atoms with Gasteiger partial charge in [-0.2, -0.15) is 0 Å². The number of nitrogens with one attached hydrogen (secondary N) is 1. The van der Waals surface area contributed by atoms with E-state index in [1.54, 1.807) is 6.07 Å². The molecule has 6 nitrogen and oxygen atoms in total. The molecule has 2 aliphatic carbocycles. The number of nitrogens with zero attached hydrogens (tertiary/aromatic N) is 2. The number of hydrogen-bond acceptors (Lipinski definition) is 6. The Labute approximate surface area is 167 Å². The third kappa shape index (κ3) is 4.58. The zero-order chi connectivity index (χ0) is 18.8. The molecule has 27 heavy (non-hydrogen) atoms. The van der Waals surface area contributed by atoms with E-state index in [0.29, 0.717) is 28.1 Å². The number of rotatable bonds is 7. The van der Waals surface area contributed by atoms with Crippen LogP contribution in [0.3, 0.4) is 0 Å². The molecule has 2 fully saturated rings. The zero-order valence-corrected chi connectivity index (χ0v) is 16.7. The Morgan fingerprint density at radius 3 is 3.00 bits per heavy atom. The molecule has 2 aromatic rings. The van der Waals surface area contributed by atoms with Crippen LogP contribution in [0.1, 0.15) is 37.1 Å². The lowest BCUT2D eigenvalue weighted by Crippen LogP contribution is -2.39. The molecule has 0 saturated heterocycles. The molecule has 4 rings (SSSR count). The van der Waals surface area contributed by atoms with E-state index < -0.39 is 0 Å². The van der Waals surface area contributed by atoms with Crippen LogP contribution >= 0.6 is 23.4 Å². The molecule has 0 spiro atoms. The van der Waals surface area contributed by atoms with E-state index in [2.05, 4.69) is 15.5 Å². The first-order chi connectivity index (χ1) is 13.1. The predicted octanol–water partition coefficient (Wildman–Crippen LogP) is 4.01. The van der Waals surface area contributed by atoms with Crippen LogP contribution in [-0.2, 0) is 11.4 Å². The number of carbonyl (C=O) groups is 1. The monoisotopic (exact) mass is 407 g/mol. The quantitative estimate of drug-likeness (QED) is 0.699. The van der Waals surface area contributed by atoms with Gasteiger partial charge in [0.05, 0.1) is 5.75 Å². The predicted molar refractivity (Wildman–Crippen MR) is 103 cm³/mol. The number of hydrogen-bond donors (Lipinski definition) is 1. The second kappa shape index (κ2) is 8.10. The summed E-state index contributed by atoms with van der Waals surface area (Å²) in [6.45, 7) is 2.10. The number of ether oxygens (including phenoxy) is 1. The molecule has 144 valence electrons. The van der Waals surface area contributed by atoms with Gasteiger partial charge in [0.1, 0.15) is 5.75 Å². The van der Waals surface area contributed by atoms with E-state index in [-0.39, 0.29) is 18.3 Å². The molecule has 2 aliphatic rings. The summed E-state index contributed by atoms with van der Waals surface area (Å²) in [5.74, 6) is 2.90. The van der Waals surface area contributed by atoms with Crippen LogP contribution in [0.25, 0.3) is 0 Å². The van der Waals surface area contributed by atoms with Crippen LogP contribution in [0, 0.1) is 18.8 Å². The smallest absolute Gasteiger partial charge is 0.277 e. The Morgan fingerprint density at radius 1 is 1.37 bits per heavy atom. The van der Waals surface area contributed by atoms with Crippen molar-refractivity contribution in [1.82, 2.24) is 15.5 Å². The van der Waals surface area contributed by atoms with Gasteiger partial charge in [0, 0.05) is 11.1 Å². The molecule has 8 heteroatoms. The van der Waals surface area contributed by atoms with Crippen molar-refractivity contribution in [2.45, 2.75) is 50.5 Å². The molecule has 2 bridgehead atoms. The van der Waals surface area contributed by atoms with Crippen LogP contribution in [-0.4, -0.2) is 27.9 Å². The van der Waals surface area contributed by atoms with Crippen LogP contribution in [0.15, 0.2) is 27.8 Å². The summed E-state index contributed by atoms with van der Waals surface area (Å²) < 4.78 is 11.2. The fraction of sp³-hybridized carbons (Fsp3) is 0.526. The fourth-order valence-electron chi connectivity index (χ4n) is 4.07. The van der Waals surface area contributed by atoms with Crippen LogP contribution < -0.4 is 10.1 Å².